The molecule has 5 nitrogen and oxygen atoms in total. The van der Waals surface area contributed by atoms with E-state index >= 15 is 0 Å². The van der Waals surface area contributed by atoms with Gasteiger partial charge in [-0.15, -0.1) is 0 Å². The molecule has 2 aliphatic carbocycles. The van der Waals surface area contributed by atoms with Crippen LogP contribution in [0, 0.1) is 5.92 Å². The zero-order valence-corrected chi connectivity index (χ0v) is 12.6. The maximum Gasteiger partial charge on any atom is 0.355 e. The number of hydrogen-bond donors (Lipinski definition) is 1. The van der Waals surface area contributed by atoms with Crippen molar-refractivity contribution in [1.82, 2.24) is 0 Å². The van der Waals surface area contributed by atoms with Gasteiger partial charge in [0.2, 0.25) is 5.78 Å². The molecule has 112 valence electrons. The summed E-state index contributed by atoms with van der Waals surface area (Å²) in [5.41, 5.74) is 9.20. The molecule has 2 fully saturated rings. The standard InChI is InChI=1S/C14H22N2O3S/c15-16-13(12(17)11-7-3-1-4-8-11)14(20(18)19)9-5-2-6-10-14/h11,20H,1-10H2. The Bertz CT molecular complexity index is 487. The number of thiol groups is 1. The summed E-state index contributed by atoms with van der Waals surface area (Å²) in [6.07, 6.45) is 7.98. The van der Waals surface area contributed by atoms with Crippen molar-refractivity contribution in [1.29, 1.82) is 0 Å². The van der Waals surface area contributed by atoms with Crippen LogP contribution in [0.25, 0.3) is 5.53 Å². The van der Waals surface area contributed by atoms with E-state index in [1.54, 1.807) is 0 Å². The fourth-order valence-electron chi connectivity index (χ4n) is 3.57. The normalized spacial score (nSPS) is 23.2. The minimum absolute atomic E-state index is 0.0970. The maximum atomic E-state index is 12.6. The zero-order chi connectivity index (χ0) is 14.6. The summed E-state index contributed by atoms with van der Waals surface area (Å²) in [7, 11) is -2.81. The van der Waals surface area contributed by atoms with Gasteiger partial charge in [0.25, 0.3) is 0 Å². The molecule has 2 rings (SSSR count). The van der Waals surface area contributed by atoms with E-state index in [9.17, 15) is 18.7 Å². The van der Waals surface area contributed by atoms with Crippen LogP contribution in [0.4, 0.5) is 0 Å². The Balaban J connectivity index is 2.29. The monoisotopic (exact) mass is 298 g/mol. The first-order chi connectivity index (χ1) is 9.62. The summed E-state index contributed by atoms with van der Waals surface area (Å²) in [5.74, 6) is -0.406. The summed E-state index contributed by atoms with van der Waals surface area (Å²) in [5, 5.41) is 0. The lowest BCUT2D eigenvalue weighted by atomic mass is 9.77. The van der Waals surface area contributed by atoms with Gasteiger partial charge in [-0.2, -0.15) is 4.79 Å². The van der Waals surface area contributed by atoms with Gasteiger partial charge in [-0.1, -0.05) is 38.5 Å². The molecule has 0 aromatic carbocycles. The highest BCUT2D eigenvalue weighted by Crippen LogP contribution is 2.35. The second kappa shape index (κ2) is 6.64. The van der Waals surface area contributed by atoms with Crippen LogP contribution in [0.5, 0.6) is 0 Å². The van der Waals surface area contributed by atoms with Gasteiger partial charge in [0.15, 0.2) is 15.5 Å². The summed E-state index contributed by atoms with van der Waals surface area (Å²) in [6.45, 7) is 0. The lowest BCUT2D eigenvalue weighted by Crippen LogP contribution is -2.48. The third-order valence-corrected chi connectivity index (χ3v) is 6.14. The van der Waals surface area contributed by atoms with Gasteiger partial charge in [-0.25, -0.2) is 8.42 Å². The van der Waals surface area contributed by atoms with Crippen molar-refractivity contribution in [3.05, 3.63) is 5.53 Å². The lowest BCUT2D eigenvalue weighted by molar-refractivity contribution is -0.122. The van der Waals surface area contributed by atoms with Crippen LogP contribution < -0.4 is 0 Å². The Labute approximate surface area is 121 Å². The molecule has 0 aromatic rings. The van der Waals surface area contributed by atoms with Crippen molar-refractivity contribution < 1.29 is 18.0 Å². The minimum Gasteiger partial charge on any atom is -0.361 e. The topological polar surface area (TPSA) is 87.6 Å². The first-order valence-electron chi connectivity index (χ1n) is 7.53. The Kier molecular flexibility index (Phi) is 5.11. The zero-order valence-electron chi connectivity index (χ0n) is 11.7. The molecule has 0 heterocycles. The van der Waals surface area contributed by atoms with Crippen LogP contribution >= 0.6 is 0 Å². The molecule has 0 atom stereocenters. The van der Waals surface area contributed by atoms with E-state index < -0.39 is 15.5 Å². The van der Waals surface area contributed by atoms with Crippen LogP contribution in [0.2, 0.25) is 0 Å². The predicted molar refractivity (Wildman–Crippen MR) is 76.3 cm³/mol. The number of Topliss-reactive ketones (excluding diaryl/α,β-unsaturated/α-hetero) is 1. The van der Waals surface area contributed by atoms with E-state index in [1.807, 2.05) is 0 Å². The number of hydrogen-bond acceptors (Lipinski definition) is 3. The van der Waals surface area contributed by atoms with Crippen molar-refractivity contribution in [2.24, 2.45) is 5.92 Å². The van der Waals surface area contributed by atoms with E-state index in [-0.39, 0.29) is 17.4 Å². The van der Waals surface area contributed by atoms with E-state index in [2.05, 4.69) is 4.79 Å². The number of rotatable bonds is 4. The molecular weight excluding hydrogens is 276 g/mol. The fraction of sp³-hybridized carbons (Fsp3) is 0.857. The Morgan fingerprint density at radius 2 is 1.55 bits per heavy atom. The highest BCUT2D eigenvalue weighted by atomic mass is 32.2. The van der Waals surface area contributed by atoms with Crippen molar-refractivity contribution in [2.75, 3.05) is 0 Å². The summed E-state index contributed by atoms with van der Waals surface area (Å²) < 4.78 is 22.3. The largest absolute Gasteiger partial charge is 0.361 e. The first-order valence-corrected chi connectivity index (χ1v) is 8.71. The van der Waals surface area contributed by atoms with Crippen LogP contribution in [0.15, 0.2) is 0 Å². The Hall–Kier alpha value is -1.00. The van der Waals surface area contributed by atoms with Crippen molar-refractivity contribution in [2.45, 2.75) is 69.0 Å². The van der Waals surface area contributed by atoms with Gasteiger partial charge >= 0.3 is 5.71 Å². The fourth-order valence-corrected chi connectivity index (χ4v) is 4.58. The Morgan fingerprint density at radius 1 is 1.00 bits per heavy atom. The van der Waals surface area contributed by atoms with Crippen LogP contribution in [0.1, 0.15) is 64.2 Å². The molecule has 0 amide bonds. The number of carbonyl (C=O) groups excluding carboxylic acids is 1. The maximum absolute atomic E-state index is 12.6. The number of ketones is 1. The van der Waals surface area contributed by atoms with Crippen molar-refractivity contribution >= 4 is 22.2 Å². The van der Waals surface area contributed by atoms with Crippen LogP contribution in [0.3, 0.4) is 0 Å². The van der Waals surface area contributed by atoms with E-state index in [1.165, 1.54) is 0 Å². The van der Waals surface area contributed by atoms with Crippen molar-refractivity contribution in [3.8, 4) is 0 Å². The Morgan fingerprint density at radius 3 is 2.05 bits per heavy atom. The highest BCUT2D eigenvalue weighted by molar-refractivity contribution is 7.75. The lowest BCUT2D eigenvalue weighted by Gasteiger charge is -2.29. The van der Waals surface area contributed by atoms with Crippen LogP contribution in [-0.2, 0) is 15.5 Å². The second-order valence-electron chi connectivity index (χ2n) is 6.00. The summed E-state index contributed by atoms with van der Waals surface area (Å²) >= 11 is 0. The molecule has 0 bridgehead atoms. The van der Waals surface area contributed by atoms with E-state index in [4.69, 9.17) is 0 Å². The van der Waals surface area contributed by atoms with Gasteiger partial charge in [-0.05, 0) is 25.7 Å². The average Bonchev–Trinajstić information content (AvgIpc) is 2.49. The number of carbonyl (C=O) groups is 1. The molecule has 0 aliphatic heterocycles. The molecule has 6 heteroatoms. The minimum atomic E-state index is -2.81. The molecule has 0 radical (unpaired) electrons. The number of nitrogens with zero attached hydrogens (tertiary/aromatic N) is 2. The predicted octanol–water partition coefficient (Wildman–Crippen LogP) is 2.12. The second-order valence-corrected chi connectivity index (χ2v) is 7.37. The van der Waals surface area contributed by atoms with E-state index in [0.717, 1.165) is 51.4 Å². The van der Waals surface area contributed by atoms with Gasteiger partial charge in [0.1, 0.15) is 0 Å². The smallest absolute Gasteiger partial charge is 0.355 e. The van der Waals surface area contributed by atoms with Gasteiger partial charge in [-0.3, -0.25) is 4.79 Å². The van der Waals surface area contributed by atoms with E-state index in [0.29, 0.717) is 12.8 Å². The molecule has 0 aromatic heterocycles. The van der Waals surface area contributed by atoms with Crippen molar-refractivity contribution in [3.63, 3.8) is 0 Å². The quantitative estimate of drug-likeness (QED) is 0.373. The molecular formula is C14H22N2O3S. The molecule has 0 spiro atoms. The third kappa shape index (κ3) is 2.86. The highest BCUT2D eigenvalue weighted by Gasteiger charge is 2.51. The molecule has 0 saturated heterocycles. The molecule has 20 heavy (non-hydrogen) atoms. The third-order valence-electron chi connectivity index (χ3n) is 4.78. The molecule has 2 saturated carbocycles. The van der Waals surface area contributed by atoms with Gasteiger partial charge in [0, 0.05) is 5.92 Å². The van der Waals surface area contributed by atoms with Gasteiger partial charge < -0.3 is 5.53 Å². The summed E-state index contributed by atoms with van der Waals surface area (Å²) in [4.78, 5) is 15.7. The molecule has 0 unspecified atom stereocenters. The summed E-state index contributed by atoms with van der Waals surface area (Å²) in [6, 6.07) is 0. The SMILES string of the molecule is [N-]=[N+]=C(C(=O)C1CCCCC1)C1([SH](=O)=O)CCCCC1. The molecule has 2 aliphatic rings. The van der Waals surface area contributed by atoms with Crippen LogP contribution in [-0.4, -0.2) is 29.4 Å². The van der Waals surface area contributed by atoms with Gasteiger partial charge in [0.05, 0.1) is 0 Å². The molecule has 0 N–H and O–H groups in total. The first kappa shape index (κ1) is 15.4. The average molecular weight is 298 g/mol.